The standard InChI is InChI=1S/C15H18FN3O2/c16-12-6-10(8-17)5-11(7-12)9-19-13(20)15(18-14(19)21)3-1-2-4-15/h5-7H,1-4,8-9,17H2,(H,18,21). The molecule has 5 nitrogen and oxygen atoms in total. The zero-order valence-electron chi connectivity index (χ0n) is 11.7. The number of nitrogens with zero attached hydrogens (tertiary/aromatic N) is 1. The van der Waals surface area contributed by atoms with Crippen LogP contribution in [0.1, 0.15) is 36.8 Å². The first-order chi connectivity index (χ1) is 10.0. The maximum atomic E-state index is 13.5. The summed E-state index contributed by atoms with van der Waals surface area (Å²) in [6, 6.07) is 4.02. The summed E-state index contributed by atoms with van der Waals surface area (Å²) in [5.41, 5.74) is 6.02. The molecule has 0 atom stereocenters. The van der Waals surface area contributed by atoms with Gasteiger partial charge in [-0.3, -0.25) is 9.69 Å². The van der Waals surface area contributed by atoms with E-state index in [1.165, 1.54) is 17.0 Å². The number of hydrogen-bond acceptors (Lipinski definition) is 3. The minimum absolute atomic E-state index is 0.0805. The van der Waals surface area contributed by atoms with Crippen LogP contribution in [-0.4, -0.2) is 22.4 Å². The Bertz CT molecular complexity index is 597. The second kappa shape index (κ2) is 5.11. The SMILES string of the molecule is NCc1cc(F)cc(CN2C(=O)NC3(CCCC3)C2=O)c1. The van der Waals surface area contributed by atoms with Gasteiger partial charge in [-0.15, -0.1) is 0 Å². The van der Waals surface area contributed by atoms with Gasteiger partial charge in [-0.05, 0) is 36.1 Å². The summed E-state index contributed by atoms with van der Waals surface area (Å²) in [4.78, 5) is 25.8. The lowest BCUT2D eigenvalue weighted by Crippen LogP contribution is -2.44. The van der Waals surface area contributed by atoms with Gasteiger partial charge < -0.3 is 11.1 Å². The fourth-order valence-electron chi connectivity index (χ4n) is 3.25. The van der Waals surface area contributed by atoms with Gasteiger partial charge in [0, 0.05) is 6.54 Å². The Labute approximate surface area is 122 Å². The van der Waals surface area contributed by atoms with E-state index in [1.54, 1.807) is 6.07 Å². The fourth-order valence-corrected chi connectivity index (χ4v) is 3.25. The predicted octanol–water partition coefficient (Wildman–Crippen LogP) is 1.65. The lowest BCUT2D eigenvalue weighted by Gasteiger charge is -2.20. The van der Waals surface area contributed by atoms with E-state index >= 15 is 0 Å². The van der Waals surface area contributed by atoms with Crippen LogP contribution in [0, 0.1) is 5.82 Å². The zero-order valence-corrected chi connectivity index (χ0v) is 11.7. The number of carbonyl (C=O) groups excluding carboxylic acids is 2. The summed E-state index contributed by atoms with van der Waals surface area (Å²) in [6.07, 6.45) is 3.25. The molecule has 1 saturated carbocycles. The van der Waals surface area contributed by atoms with Crippen molar-refractivity contribution in [3.63, 3.8) is 0 Å². The van der Waals surface area contributed by atoms with E-state index < -0.39 is 11.4 Å². The van der Waals surface area contributed by atoms with Gasteiger partial charge in [0.05, 0.1) is 6.54 Å². The number of amides is 3. The molecule has 1 aromatic rings. The molecule has 21 heavy (non-hydrogen) atoms. The molecule has 1 heterocycles. The van der Waals surface area contributed by atoms with Gasteiger partial charge in [-0.1, -0.05) is 18.9 Å². The number of imide groups is 1. The second-order valence-electron chi connectivity index (χ2n) is 5.78. The number of nitrogens with one attached hydrogen (secondary N) is 1. The molecule has 6 heteroatoms. The lowest BCUT2D eigenvalue weighted by molar-refractivity contribution is -0.131. The van der Waals surface area contributed by atoms with Crippen molar-refractivity contribution in [3.05, 3.63) is 35.1 Å². The maximum Gasteiger partial charge on any atom is 0.325 e. The van der Waals surface area contributed by atoms with Crippen LogP contribution in [0.4, 0.5) is 9.18 Å². The Morgan fingerprint density at radius 2 is 1.86 bits per heavy atom. The van der Waals surface area contributed by atoms with Crippen LogP contribution in [-0.2, 0) is 17.9 Å². The molecule has 0 unspecified atom stereocenters. The molecule has 2 fully saturated rings. The van der Waals surface area contributed by atoms with Crippen molar-refractivity contribution in [1.82, 2.24) is 10.2 Å². The summed E-state index contributed by atoms with van der Waals surface area (Å²) in [5.74, 6) is -0.598. The average molecular weight is 291 g/mol. The molecule has 112 valence electrons. The second-order valence-corrected chi connectivity index (χ2v) is 5.78. The van der Waals surface area contributed by atoms with Crippen molar-refractivity contribution in [3.8, 4) is 0 Å². The Balaban J connectivity index is 1.83. The molecule has 1 saturated heterocycles. The number of urea groups is 1. The third kappa shape index (κ3) is 2.40. The van der Waals surface area contributed by atoms with E-state index in [2.05, 4.69) is 5.32 Å². The van der Waals surface area contributed by atoms with Crippen molar-refractivity contribution < 1.29 is 14.0 Å². The first kappa shape index (κ1) is 14.0. The lowest BCUT2D eigenvalue weighted by atomic mass is 9.98. The van der Waals surface area contributed by atoms with E-state index in [0.29, 0.717) is 24.0 Å². The topological polar surface area (TPSA) is 75.4 Å². The molecule has 1 aromatic carbocycles. The Morgan fingerprint density at radius 1 is 1.19 bits per heavy atom. The summed E-state index contributed by atoms with van der Waals surface area (Å²) < 4.78 is 13.5. The Morgan fingerprint density at radius 3 is 2.52 bits per heavy atom. The molecule has 1 spiro atoms. The third-order valence-corrected chi connectivity index (χ3v) is 4.30. The Hall–Kier alpha value is -1.95. The highest BCUT2D eigenvalue weighted by atomic mass is 19.1. The number of halogens is 1. The Kier molecular flexibility index (Phi) is 3.41. The highest BCUT2D eigenvalue weighted by Gasteiger charge is 2.52. The van der Waals surface area contributed by atoms with Crippen LogP contribution < -0.4 is 11.1 Å². The molecular weight excluding hydrogens is 273 g/mol. The fraction of sp³-hybridized carbons (Fsp3) is 0.467. The van der Waals surface area contributed by atoms with Crippen molar-refractivity contribution in [2.24, 2.45) is 5.73 Å². The monoisotopic (exact) mass is 291 g/mol. The van der Waals surface area contributed by atoms with Gasteiger partial charge in [0.2, 0.25) is 0 Å². The number of carbonyl (C=O) groups is 2. The first-order valence-electron chi connectivity index (χ1n) is 7.17. The van der Waals surface area contributed by atoms with E-state index in [4.69, 9.17) is 5.73 Å². The summed E-state index contributed by atoms with van der Waals surface area (Å²) in [6.45, 7) is 0.298. The van der Waals surface area contributed by atoms with E-state index in [9.17, 15) is 14.0 Å². The van der Waals surface area contributed by atoms with Crippen molar-refractivity contribution in [2.45, 2.75) is 44.3 Å². The predicted molar refractivity (Wildman–Crippen MR) is 74.6 cm³/mol. The maximum absolute atomic E-state index is 13.5. The van der Waals surface area contributed by atoms with Crippen LogP contribution in [0.25, 0.3) is 0 Å². The van der Waals surface area contributed by atoms with Crippen LogP contribution in [0.15, 0.2) is 18.2 Å². The molecule has 3 rings (SSSR count). The van der Waals surface area contributed by atoms with E-state index in [1.807, 2.05) is 0 Å². The number of hydrogen-bond donors (Lipinski definition) is 2. The minimum atomic E-state index is -0.721. The number of nitrogens with two attached hydrogens (primary N) is 1. The highest BCUT2D eigenvalue weighted by molar-refractivity contribution is 6.07. The van der Waals surface area contributed by atoms with Gasteiger partial charge in [-0.25, -0.2) is 9.18 Å². The smallest absolute Gasteiger partial charge is 0.325 e. The van der Waals surface area contributed by atoms with Crippen molar-refractivity contribution >= 4 is 11.9 Å². The third-order valence-electron chi connectivity index (χ3n) is 4.30. The first-order valence-corrected chi connectivity index (χ1v) is 7.17. The molecule has 0 radical (unpaired) electrons. The van der Waals surface area contributed by atoms with E-state index in [0.717, 1.165) is 12.8 Å². The quantitative estimate of drug-likeness (QED) is 0.831. The molecule has 1 aliphatic carbocycles. The molecule has 0 bridgehead atoms. The molecule has 1 aliphatic heterocycles. The van der Waals surface area contributed by atoms with Crippen molar-refractivity contribution in [1.29, 1.82) is 0 Å². The van der Waals surface area contributed by atoms with Crippen LogP contribution in [0.2, 0.25) is 0 Å². The average Bonchev–Trinajstić information content (AvgIpc) is 3.00. The van der Waals surface area contributed by atoms with E-state index in [-0.39, 0.29) is 25.0 Å². The summed E-state index contributed by atoms with van der Waals surface area (Å²) >= 11 is 0. The summed E-state index contributed by atoms with van der Waals surface area (Å²) in [5, 5.41) is 2.81. The van der Waals surface area contributed by atoms with Gasteiger partial charge in [0.15, 0.2) is 0 Å². The van der Waals surface area contributed by atoms with Crippen LogP contribution in [0.3, 0.4) is 0 Å². The minimum Gasteiger partial charge on any atom is -0.326 e. The molecule has 0 aromatic heterocycles. The van der Waals surface area contributed by atoms with Crippen LogP contribution >= 0.6 is 0 Å². The zero-order chi connectivity index (χ0) is 15.0. The van der Waals surface area contributed by atoms with Gasteiger partial charge in [-0.2, -0.15) is 0 Å². The molecule has 3 N–H and O–H groups in total. The molecular formula is C15H18FN3O2. The van der Waals surface area contributed by atoms with Gasteiger partial charge in [0.25, 0.3) is 5.91 Å². The molecule has 2 aliphatic rings. The van der Waals surface area contributed by atoms with Gasteiger partial charge >= 0.3 is 6.03 Å². The number of rotatable bonds is 3. The van der Waals surface area contributed by atoms with Crippen molar-refractivity contribution in [2.75, 3.05) is 0 Å². The summed E-state index contributed by atoms with van der Waals surface area (Å²) in [7, 11) is 0. The highest BCUT2D eigenvalue weighted by Crippen LogP contribution is 2.35. The van der Waals surface area contributed by atoms with Crippen LogP contribution in [0.5, 0.6) is 0 Å². The number of benzene rings is 1. The normalized spacial score (nSPS) is 20.4. The van der Waals surface area contributed by atoms with Gasteiger partial charge in [0.1, 0.15) is 11.4 Å². The largest absolute Gasteiger partial charge is 0.326 e. The molecule has 3 amide bonds.